The van der Waals surface area contributed by atoms with E-state index in [-0.39, 0.29) is 24.4 Å². The minimum Gasteiger partial charge on any atom is -0.504 e. The van der Waals surface area contributed by atoms with E-state index in [4.69, 9.17) is 4.74 Å². The normalized spacial score (nSPS) is 13.4. The number of aromatic nitrogens is 2. The third kappa shape index (κ3) is 2.92. The van der Waals surface area contributed by atoms with Gasteiger partial charge >= 0.3 is 5.97 Å². The van der Waals surface area contributed by atoms with Gasteiger partial charge in [-0.3, -0.25) is 9.48 Å². The molecule has 9 heteroatoms. The van der Waals surface area contributed by atoms with E-state index in [9.17, 15) is 24.9 Å². The lowest BCUT2D eigenvalue weighted by molar-refractivity contribution is 0.0513. The molecule has 0 atom stereocenters. The minimum atomic E-state index is -0.681. The van der Waals surface area contributed by atoms with Gasteiger partial charge in [-0.2, -0.15) is 5.10 Å². The molecule has 1 aromatic carbocycles. The van der Waals surface area contributed by atoms with E-state index in [0.29, 0.717) is 18.5 Å². The highest BCUT2D eigenvalue weighted by Crippen LogP contribution is 2.36. The predicted molar refractivity (Wildman–Crippen MR) is 89.0 cm³/mol. The molecule has 3 N–H and O–H groups in total. The zero-order valence-corrected chi connectivity index (χ0v) is 14.4. The number of carbonyl (C=O) groups excluding carboxylic acids is 2. The van der Waals surface area contributed by atoms with Gasteiger partial charge in [-0.05, 0) is 19.1 Å². The van der Waals surface area contributed by atoms with Gasteiger partial charge in [-0.25, -0.2) is 4.79 Å². The first-order valence-corrected chi connectivity index (χ1v) is 8.09. The number of aromatic hydroxyl groups is 3. The second-order valence-electron chi connectivity index (χ2n) is 5.96. The Hall–Kier alpha value is -3.23. The summed E-state index contributed by atoms with van der Waals surface area (Å²) in [4.78, 5) is 26.3. The second kappa shape index (κ2) is 6.58. The summed E-state index contributed by atoms with van der Waals surface area (Å²) in [6.07, 6.45) is 0.500. The number of amides is 1. The average molecular weight is 361 g/mol. The van der Waals surface area contributed by atoms with Gasteiger partial charge in [-0.1, -0.05) is 0 Å². The van der Waals surface area contributed by atoms with Crippen LogP contribution in [0, 0.1) is 0 Å². The lowest BCUT2D eigenvalue weighted by atomic mass is 10.0. The molecule has 0 aliphatic carbocycles. The topological polar surface area (TPSA) is 125 Å². The lowest BCUT2D eigenvalue weighted by Crippen LogP contribution is -2.36. The summed E-state index contributed by atoms with van der Waals surface area (Å²) < 4.78 is 6.63. The molecule has 3 rings (SSSR count). The molecule has 1 amide bonds. The number of hydrogen-bond donors (Lipinski definition) is 3. The number of phenolic OH excluding ortho intramolecular Hbond substituents is 3. The van der Waals surface area contributed by atoms with Crippen LogP contribution in [-0.2, 0) is 24.8 Å². The number of phenols is 3. The summed E-state index contributed by atoms with van der Waals surface area (Å²) in [7, 11) is 1.73. The molecular weight excluding hydrogens is 342 g/mol. The third-order valence-corrected chi connectivity index (χ3v) is 4.31. The zero-order chi connectivity index (χ0) is 19.0. The minimum absolute atomic E-state index is 0.0304. The maximum Gasteiger partial charge on any atom is 0.359 e. The standard InChI is InChI=1S/C17H19N3O6/c1-3-26-17(25)14-10-8-20(5-4-11(10)19(2)18-14)16(24)9-6-12(21)15(23)13(22)7-9/h6-7,21-23H,3-5,8H2,1-2H3. The zero-order valence-electron chi connectivity index (χ0n) is 14.4. The quantitative estimate of drug-likeness (QED) is 0.548. The molecule has 26 heavy (non-hydrogen) atoms. The molecule has 0 fully saturated rings. The fourth-order valence-corrected chi connectivity index (χ4v) is 3.04. The molecule has 9 nitrogen and oxygen atoms in total. The van der Waals surface area contributed by atoms with E-state index < -0.39 is 29.1 Å². The summed E-state index contributed by atoms with van der Waals surface area (Å²) in [6, 6.07) is 2.17. The van der Waals surface area contributed by atoms with E-state index in [2.05, 4.69) is 5.10 Å². The monoisotopic (exact) mass is 361 g/mol. The van der Waals surface area contributed by atoms with Crippen LogP contribution in [0.2, 0.25) is 0 Å². The number of benzene rings is 1. The van der Waals surface area contributed by atoms with Gasteiger partial charge in [-0.15, -0.1) is 0 Å². The summed E-state index contributed by atoms with van der Waals surface area (Å²) in [6.45, 7) is 2.46. The Kier molecular flexibility index (Phi) is 4.45. The van der Waals surface area contributed by atoms with Crippen molar-refractivity contribution in [2.45, 2.75) is 19.9 Å². The van der Waals surface area contributed by atoms with E-state index in [1.54, 1.807) is 18.7 Å². The number of carbonyl (C=O) groups is 2. The number of aryl methyl sites for hydroxylation is 1. The first-order chi connectivity index (χ1) is 12.3. The van der Waals surface area contributed by atoms with Crippen molar-refractivity contribution in [1.82, 2.24) is 14.7 Å². The Morgan fingerprint density at radius 2 is 1.88 bits per heavy atom. The molecule has 0 bridgehead atoms. The van der Waals surface area contributed by atoms with Crippen LogP contribution in [0.3, 0.4) is 0 Å². The third-order valence-electron chi connectivity index (χ3n) is 4.31. The van der Waals surface area contributed by atoms with Gasteiger partial charge in [0.2, 0.25) is 0 Å². The number of esters is 1. The molecule has 1 aliphatic rings. The lowest BCUT2D eigenvalue weighted by Gasteiger charge is -2.27. The summed E-state index contributed by atoms with van der Waals surface area (Å²) in [5.74, 6) is -2.84. The SMILES string of the molecule is CCOC(=O)c1nn(C)c2c1CN(C(=O)c1cc(O)c(O)c(O)c1)CC2. The Morgan fingerprint density at radius 1 is 1.23 bits per heavy atom. The van der Waals surface area contributed by atoms with E-state index in [1.165, 1.54) is 4.90 Å². The van der Waals surface area contributed by atoms with Crippen molar-refractivity contribution in [2.24, 2.45) is 7.05 Å². The molecule has 0 saturated heterocycles. The number of hydrogen-bond acceptors (Lipinski definition) is 7. The van der Waals surface area contributed by atoms with E-state index >= 15 is 0 Å². The van der Waals surface area contributed by atoms with Crippen LogP contribution in [0.4, 0.5) is 0 Å². The first kappa shape index (κ1) is 17.6. The molecule has 0 saturated carbocycles. The Balaban J connectivity index is 1.90. The Labute approximate surface area is 149 Å². The largest absolute Gasteiger partial charge is 0.504 e. The second-order valence-corrected chi connectivity index (χ2v) is 5.96. The number of rotatable bonds is 3. The highest BCUT2D eigenvalue weighted by atomic mass is 16.5. The Morgan fingerprint density at radius 3 is 2.50 bits per heavy atom. The van der Waals surface area contributed by atoms with Gasteiger partial charge in [0, 0.05) is 36.8 Å². The summed E-state index contributed by atoms with van der Waals surface area (Å²) >= 11 is 0. The highest BCUT2D eigenvalue weighted by Gasteiger charge is 2.30. The van der Waals surface area contributed by atoms with Crippen LogP contribution in [0.25, 0.3) is 0 Å². The molecule has 0 radical (unpaired) electrons. The molecule has 1 aromatic heterocycles. The van der Waals surface area contributed by atoms with Gasteiger partial charge in [0.05, 0.1) is 13.2 Å². The van der Waals surface area contributed by atoms with Crippen LogP contribution in [-0.4, -0.2) is 55.0 Å². The van der Waals surface area contributed by atoms with Gasteiger partial charge in [0.1, 0.15) is 0 Å². The van der Waals surface area contributed by atoms with Crippen molar-refractivity contribution in [3.05, 3.63) is 34.6 Å². The highest BCUT2D eigenvalue weighted by molar-refractivity contribution is 5.96. The number of nitrogens with zero attached hydrogens (tertiary/aromatic N) is 3. The number of ether oxygens (including phenoxy) is 1. The Bertz CT molecular complexity index is 866. The molecule has 1 aliphatic heterocycles. The average Bonchev–Trinajstić information content (AvgIpc) is 2.95. The number of fused-ring (bicyclic) bond motifs is 1. The molecule has 2 aromatic rings. The molecule has 2 heterocycles. The summed E-state index contributed by atoms with van der Waals surface area (Å²) in [5, 5.41) is 32.8. The molecular formula is C17H19N3O6. The maximum atomic E-state index is 12.7. The predicted octanol–water partition coefficient (Wildman–Crippen LogP) is 0.912. The van der Waals surface area contributed by atoms with Crippen LogP contribution in [0.1, 0.15) is 39.0 Å². The van der Waals surface area contributed by atoms with Crippen LogP contribution < -0.4 is 0 Å². The van der Waals surface area contributed by atoms with Gasteiger partial charge in [0.25, 0.3) is 5.91 Å². The van der Waals surface area contributed by atoms with Gasteiger partial charge < -0.3 is 25.0 Å². The van der Waals surface area contributed by atoms with Gasteiger partial charge in [0.15, 0.2) is 22.9 Å². The van der Waals surface area contributed by atoms with Crippen LogP contribution in [0.5, 0.6) is 17.2 Å². The maximum absolute atomic E-state index is 12.7. The van der Waals surface area contributed by atoms with Crippen molar-refractivity contribution >= 4 is 11.9 Å². The molecule has 138 valence electrons. The van der Waals surface area contributed by atoms with Crippen molar-refractivity contribution in [3.8, 4) is 17.2 Å². The first-order valence-electron chi connectivity index (χ1n) is 8.09. The van der Waals surface area contributed by atoms with Crippen molar-refractivity contribution < 1.29 is 29.6 Å². The van der Waals surface area contributed by atoms with Crippen LogP contribution in [0.15, 0.2) is 12.1 Å². The summed E-state index contributed by atoms with van der Waals surface area (Å²) in [5.41, 5.74) is 1.69. The van der Waals surface area contributed by atoms with Crippen molar-refractivity contribution in [3.63, 3.8) is 0 Å². The van der Waals surface area contributed by atoms with Crippen molar-refractivity contribution in [2.75, 3.05) is 13.2 Å². The molecule has 0 spiro atoms. The fraction of sp³-hybridized carbons (Fsp3) is 0.353. The fourth-order valence-electron chi connectivity index (χ4n) is 3.04. The molecule has 0 unspecified atom stereocenters. The van der Waals surface area contributed by atoms with E-state index in [1.807, 2.05) is 0 Å². The van der Waals surface area contributed by atoms with E-state index in [0.717, 1.165) is 17.8 Å². The van der Waals surface area contributed by atoms with Crippen molar-refractivity contribution in [1.29, 1.82) is 0 Å². The smallest absolute Gasteiger partial charge is 0.359 e. The van der Waals surface area contributed by atoms with Crippen LogP contribution >= 0.6 is 0 Å².